The van der Waals surface area contributed by atoms with E-state index in [0.717, 1.165) is 31.2 Å². The second-order valence-corrected chi connectivity index (χ2v) is 6.94. The molecule has 0 spiro atoms. The Balaban J connectivity index is 1.99. The third kappa shape index (κ3) is 3.05. The van der Waals surface area contributed by atoms with E-state index >= 15 is 0 Å². The second kappa shape index (κ2) is 6.94. The molecule has 3 rings (SSSR count). The molecule has 1 aromatic rings. The molecular formula is C19H25NO5. The molecule has 25 heavy (non-hydrogen) atoms. The summed E-state index contributed by atoms with van der Waals surface area (Å²) in [7, 11) is 3.07. The number of aryl methyl sites for hydroxylation is 1. The zero-order valence-electron chi connectivity index (χ0n) is 14.9. The molecule has 1 N–H and O–H groups in total. The zero-order chi connectivity index (χ0) is 18.1. The van der Waals surface area contributed by atoms with Crippen LogP contribution < -0.4 is 9.47 Å². The normalized spacial score (nSPS) is 25.4. The van der Waals surface area contributed by atoms with Gasteiger partial charge >= 0.3 is 5.97 Å². The van der Waals surface area contributed by atoms with Gasteiger partial charge in [0.15, 0.2) is 11.5 Å². The minimum atomic E-state index is -0.916. The molecule has 136 valence electrons. The van der Waals surface area contributed by atoms with Crippen LogP contribution in [0.15, 0.2) is 12.1 Å². The van der Waals surface area contributed by atoms with Gasteiger partial charge in [-0.3, -0.25) is 4.79 Å². The van der Waals surface area contributed by atoms with E-state index in [-0.39, 0.29) is 11.9 Å². The van der Waals surface area contributed by atoms with Crippen LogP contribution in [0, 0.1) is 12.8 Å². The van der Waals surface area contributed by atoms with Crippen molar-refractivity contribution in [1.29, 1.82) is 0 Å². The van der Waals surface area contributed by atoms with E-state index < -0.39 is 12.0 Å². The highest BCUT2D eigenvalue weighted by atomic mass is 16.5. The van der Waals surface area contributed by atoms with Gasteiger partial charge in [-0.25, -0.2) is 4.79 Å². The number of rotatable bonds is 4. The summed E-state index contributed by atoms with van der Waals surface area (Å²) in [6, 6.07) is 2.70. The molecule has 0 bridgehead atoms. The number of benzene rings is 1. The van der Waals surface area contributed by atoms with E-state index in [9.17, 15) is 14.7 Å². The first-order valence-electron chi connectivity index (χ1n) is 8.76. The fraction of sp³-hybridized carbons (Fsp3) is 0.579. The van der Waals surface area contributed by atoms with E-state index in [1.807, 2.05) is 6.92 Å². The average Bonchev–Trinajstić information content (AvgIpc) is 3.00. The number of ether oxygens (including phenoxy) is 2. The summed E-state index contributed by atoms with van der Waals surface area (Å²) in [4.78, 5) is 26.6. The Kier molecular flexibility index (Phi) is 4.88. The van der Waals surface area contributed by atoms with Gasteiger partial charge in [0, 0.05) is 11.6 Å². The molecule has 6 heteroatoms. The molecule has 3 atom stereocenters. The first-order chi connectivity index (χ1) is 12.0. The number of carboxylic acid groups (broad SMARTS) is 1. The number of carbonyl (C=O) groups is 2. The Bertz CT molecular complexity index is 687. The van der Waals surface area contributed by atoms with Crippen molar-refractivity contribution in [2.24, 2.45) is 5.92 Å². The molecule has 1 heterocycles. The number of aliphatic carboxylic acids is 1. The topological polar surface area (TPSA) is 76.1 Å². The van der Waals surface area contributed by atoms with Crippen LogP contribution in [0.3, 0.4) is 0 Å². The van der Waals surface area contributed by atoms with Crippen LogP contribution in [0.25, 0.3) is 0 Å². The summed E-state index contributed by atoms with van der Waals surface area (Å²) in [5, 5.41) is 9.64. The molecule has 0 radical (unpaired) electrons. The standard InChI is InChI=1S/C19H25NO5/c1-11-8-16(24-2)17(25-3)10-13(11)18(21)20-14-7-5-4-6-12(14)9-15(20)19(22)23/h8,10,12,14-15H,4-7,9H2,1-3H3,(H,22,23). The van der Waals surface area contributed by atoms with Crippen molar-refractivity contribution in [3.8, 4) is 11.5 Å². The maximum atomic E-state index is 13.3. The molecule has 0 aromatic heterocycles. The SMILES string of the molecule is COc1cc(C)c(C(=O)N2C(C(=O)O)CC3CCCCC32)cc1OC. The highest BCUT2D eigenvalue weighted by molar-refractivity contribution is 5.99. The highest BCUT2D eigenvalue weighted by Gasteiger charge is 2.47. The third-order valence-corrected chi connectivity index (χ3v) is 5.57. The smallest absolute Gasteiger partial charge is 0.326 e. The van der Waals surface area contributed by atoms with Crippen molar-refractivity contribution in [2.45, 2.75) is 51.1 Å². The lowest BCUT2D eigenvalue weighted by Crippen LogP contribution is -2.46. The summed E-state index contributed by atoms with van der Waals surface area (Å²) in [6.45, 7) is 1.83. The van der Waals surface area contributed by atoms with Crippen molar-refractivity contribution in [3.63, 3.8) is 0 Å². The zero-order valence-corrected chi connectivity index (χ0v) is 14.9. The van der Waals surface area contributed by atoms with Gasteiger partial charge in [-0.05, 0) is 49.8 Å². The maximum Gasteiger partial charge on any atom is 0.326 e. The molecule has 2 fully saturated rings. The number of nitrogens with zero attached hydrogens (tertiary/aromatic N) is 1. The average molecular weight is 347 g/mol. The molecule has 1 amide bonds. The first kappa shape index (κ1) is 17.6. The number of amides is 1. The van der Waals surface area contributed by atoms with Crippen molar-refractivity contribution >= 4 is 11.9 Å². The number of hydrogen-bond donors (Lipinski definition) is 1. The van der Waals surface area contributed by atoms with Gasteiger partial charge in [-0.1, -0.05) is 12.8 Å². The lowest BCUT2D eigenvalue weighted by atomic mass is 9.84. The number of carboxylic acids is 1. The van der Waals surface area contributed by atoms with E-state index in [0.29, 0.717) is 29.4 Å². The number of carbonyl (C=O) groups excluding carboxylic acids is 1. The van der Waals surface area contributed by atoms with Crippen molar-refractivity contribution in [1.82, 2.24) is 4.90 Å². The van der Waals surface area contributed by atoms with Crippen LogP contribution in [-0.4, -0.2) is 48.2 Å². The van der Waals surface area contributed by atoms with Crippen molar-refractivity contribution < 1.29 is 24.2 Å². The minimum Gasteiger partial charge on any atom is -0.493 e. The number of fused-ring (bicyclic) bond motifs is 1. The van der Waals surface area contributed by atoms with Crippen LogP contribution in [0.5, 0.6) is 11.5 Å². The maximum absolute atomic E-state index is 13.3. The van der Waals surface area contributed by atoms with Crippen molar-refractivity contribution in [3.05, 3.63) is 23.3 Å². The lowest BCUT2D eigenvalue weighted by Gasteiger charge is -2.33. The van der Waals surface area contributed by atoms with Gasteiger partial charge in [0.1, 0.15) is 6.04 Å². The monoisotopic (exact) mass is 347 g/mol. The summed E-state index contributed by atoms with van der Waals surface area (Å²) >= 11 is 0. The molecule has 1 saturated heterocycles. The molecule has 1 aliphatic heterocycles. The third-order valence-electron chi connectivity index (χ3n) is 5.57. The van der Waals surface area contributed by atoms with Crippen LogP contribution in [-0.2, 0) is 4.79 Å². The Hall–Kier alpha value is -2.24. The van der Waals surface area contributed by atoms with Gasteiger partial charge < -0.3 is 19.5 Å². The van der Waals surface area contributed by atoms with Gasteiger partial charge in [0.05, 0.1) is 14.2 Å². The molecular weight excluding hydrogens is 322 g/mol. The summed E-state index contributed by atoms with van der Waals surface area (Å²) in [5.41, 5.74) is 1.24. The van der Waals surface area contributed by atoms with Crippen LogP contribution >= 0.6 is 0 Å². The fourth-order valence-electron chi connectivity index (χ4n) is 4.32. The molecule has 2 aliphatic rings. The van der Waals surface area contributed by atoms with Gasteiger partial charge in [-0.15, -0.1) is 0 Å². The van der Waals surface area contributed by atoms with Crippen molar-refractivity contribution in [2.75, 3.05) is 14.2 Å². The van der Waals surface area contributed by atoms with Crippen LogP contribution in [0.1, 0.15) is 48.0 Å². The predicted octanol–water partition coefficient (Wildman–Crippen LogP) is 2.87. The fourth-order valence-corrected chi connectivity index (χ4v) is 4.32. The Labute approximate surface area is 147 Å². The molecule has 6 nitrogen and oxygen atoms in total. The molecule has 3 unspecified atom stereocenters. The Morgan fingerprint density at radius 2 is 1.76 bits per heavy atom. The first-order valence-corrected chi connectivity index (χ1v) is 8.76. The van der Waals surface area contributed by atoms with E-state index in [2.05, 4.69) is 0 Å². The van der Waals surface area contributed by atoms with E-state index in [4.69, 9.17) is 9.47 Å². The Morgan fingerprint density at radius 1 is 1.12 bits per heavy atom. The summed E-state index contributed by atoms with van der Waals surface area (Å²) < 4.78 is 10.6. The molecule has 1 aromatic carbocycles. The number of methoxy groups -OCH3 is 2. The molecule has 1 saturated carbocycles. The second-order valence-electron chi connectivity index (χ2n) is 6.94. The minimum absolute atomic E-state index is 0.0230. The van der Waals surface area contributed by atoms with Crippen LogP contribution in [0.2, 0.25) is 0 Å². The van der Waals surface area contributed by atoms with Crippen LogP contribution in [0.4, 0.5) is 0 Å². The van der Waals surface area contributed by atoms with E-state index in [1.165, 1.54) is 7.11 Å². The number of hydrogen-bond acceptors (Lipinski definition) is 4. The Morgan fingerprint density at radius 3 is 2.40 bits per heavy atom. The van der Waals surface area contributed by atoms with Gasteiger partial charge in [0.2, 0.25) is 0 Å². The number of likely N-dealkylation sites (tertiary alicyclic amines) is 1. The predicted molar refractivity (Wildman–Crippen MR) is 92.2 cm³/mol. The summed E-state index contributed by atoms with van der Waals surface area (Å²) in [5.74, 6) is 0.186. The highest BCUT2D eigenvalue weighted by Crippen LogP contribution is 2.41. The van der Waals surface area contributed by atoms with E-state index in [1.54, 1.807) is 24.1 Å². The largest absolute Gasteiger partial charge is 0.493 e. The summed E-state index contributed by atoms with van der Waals surface area (Å²) in [6.07, 6.45) is 4.60. The quantitative estimate of drug-likeness (QED) is 0.906. The van der Waals surface area contributed by atoms with Gasteiger partial charge in [-0.2, -0.15) is 0 Å². The lowest BCUT2D eigenvalue weighted by molar-refractivity contribution is -0.141. The van der Waals surface area contributed by atoms with Gasteiger partial charge in [0.25, 0.3) is 5.91 Å². The molecule has 1 aliphatic carbocycles.